The van der Waals surface area contributed by atoms with Crippen molar-refractivity contribution in [3.63, 3.8) is 0 Å². The zero-order valence-electron chi connectivity index (χ0n) is 9.98. The van der Waals surface area contributed by atoms with Crippen LogP contribution >= 0.6 is 0 Å². The van der Waals surface area contributed by atoms with Crippen LogP contribution in [0.15, 0.2) is 24.4 Å². The van der Waals surface area contributed by atoms with Crippen LogP contribution in [-0.4, -0.2) is 23.9 Å². The summed E-state index contributed by atoms with van der Waals surface area (Å²) in [6, 6.07) is 5.87. The van der Waals surface area contributed by atoms with Gasteiger partial charge in [0.25, 0.3) is 0 Å². The molecule has 1 heterocycles. The van der Waals surface area contributed by atoms with Gasteiger partial charge in [0, 0.05) is 25.7 Å². The first-order chi connectivity index (χ1) is 7.59. The van der Waals surface area contributed by atoms with Crippen LogP contribution in [0.4, 0.5) is 5.82 Å². The summed E-state index contributed by atoms with van der Waals surface area (Å²) in [5.74, 6) is 1.75. The second-order valence-electron chi connectivity index (χ2n) is 4.30. The molecular weight excluding hydrogens is 200 g/mol. The van der Waals surface area contributed by atoms with Gasteiger partial charge < -0.3 is 10.6 Å². The molecule has 0 radical (unpaired) electrons. The maximum atomic E-state index is 7.26. The smallest absolute Gasteiger partial charge is 0.128 e. The lowest BCUT2D eigenvalue weighted by molar-refractivity contribution is 0.609. The third kappa shape index (κ3) is 4.29. The normalized spacial score (nSPS) is 10.4. The standard InChI is InChI=1S/C12H20N4/c1-10(2)9-16(8-6-11(13)14)12-5-3-4-7-15-12/h3-5,7,10H,6,8-9H2,1-2H3,(H3,13,14). The third-order valence-corrected chi connectivity index (χ3v) is 2.21. The molecule has 0 saturated heterocycles. The maximum Gasteiger partial charge on any atom is 0.128 e. The Morgan fingerprint density at radius 3 is 2.75 bits per heavy atom. The summed E-state index contributed by atoms with van der Waals surface area (Å²) in [6.07, 6.45) is 2.37. The second kappa shape index (κ2) is 6.10. The highest BCUT2D eigenvalue weighted by Gasteiger charge is 2.09. The number of anilines is 1. The summed E-state index contributed by atoms with van der Waals surface area (Å²) >= 11 is 0. The van der Waals surface area contributed by atoms with E-state index in [0.29, 0.717) is 12.3 Å². The molecule has 0 amide bonds. The molecule has 0 bridgehead atoms. The van der Waals surface area contributed by atoms with E-state index in [4.69, 9.17) is 11.1 Å². The minimum atomic E-state index is 0.227. The predicted octanol–water partition coefficient (Wildman–Crippen LogP) is 1.87. The summed E-state index contributed by atoms with van der Waals surface area (Å²) < 4.78 is 0. The number of pyridine rings is 1. The molecule has 1 rings (SSSR count). The topological polar surface area (TPSA) is 66.0 Å². The van der Waals surface area contributed by atoms with Crippen molar-refractivity contribution in [2.75, 3.05) is 18.0 Å². The van der Waals surface area contributed by atoms with Gasteiger partial charge >= 0.3 is 0 Å². The van der Waals surface area contributed by atoms with Gasteiger partial charge in [0.05, 0.1) is 5.84 Å². The molecule has 0 saturated carbocycles. The highest BCUT2D eigenvalue weighted by atomic mass is 15.2. The van der Waals surface area contributed by atoms with Crippen LogP contribution in [-0.2, 0) is 0 Å². The summed E-state index contributed by atoms with van der Waals surface area (Å²) in [5.41, 5.74) is 5.39. The van der Waals surface area contributed by atoms with Crippen LogP contribution in [0.25, 0.3) is 0 Å². The van der Waals surface area contributed by atoms with Gasteiger partial charge in [-0.1, -0.05) is 19.9 Å². The Hall–Kier alpha value is -1.58. The van der Waals surface area contributed by atoms with Crippen LogP contribution < -0.4 is 10.6 Å². The van der Waals surface area contributed by atoms with Gasteiger partial charge in [0.2, 0.25) is 0 Å². The average molecular weight is 220 g/mol. The third-order valence-electron chi connectivity index (χ3n) is 2.21. The van der Waals surface area contributed by atoms with Crippen LogP contribution in [0.2, 0.25) is 0 Å². The maximum absolute atomic E-state index is 7.26. The van der Waals surface area contributed by atoms with Gasteiger partial charge in [0.1, 0.15) is 5.82 Å². The number of nitrogens with zero attached hydrogens (tertiary/aromatic N) is 2. The Labute approximate surface area is 97.0 Å². The van der Waals surface area contributed by atoms with E-state index in [1.54, 1.807) is 6.20 Å². The molecule has 0 fully saturated rings. The Morgan fingerprint density at radius 2 is 2.25 bits per heavy atom. The molecule has 4 heteroatoms. The molecule has 0 unspecified atom stereocenters. The number of amidine groups is 1. The average Bonchev–Trinajstić information content (AvgIpc) is 2.25. The number of nitrogens with two attached hydrogens (primary N) is 1. The fraction of sp³-hybridized carbons (Fsp3) is 0.500. The zero-order chi connectivity index (χ0) is 12.0. The van der Waals surface area contributed by atoms with E-state index in [9.17, 15) is 0 Å². The van der Waals surface area contributed by atoms with Crippen molar-refractivity contribution in [3.8, 4) is 0 Å². The van der Waals surface area contributed by atoms with Gasteiger partial charge in [0.15, 0.2) is 0 Å². The van der Waals surface area contributed by atoms with Crippen molar-refractivity contribution in [1.29, 1.82) is 5.41 Å². The van der Waals surface area contributed by atoms with E-state index in [2.05, 4.69) is 23.7 Å². The minimum absolute atomic E-state index is 0.227. The monoisotopic (exact) mass is 220 g/mol. The van der Waals surface area contributed by atoms with E-state index in [0.717, 1.165) is 18.9 Å². The van der Waals surface area contributed by atoms with Crippen molar-refractivity contribution in [2.24, 2.45) is 11.7 Å². The van der Waals surface area contributed by atoms with Gasteiger partial charge in [-0.2, -0.15) is 0 Å². The van der Waals surface area contributed by atoms with Crippen molar-refractivity contribution in [1.82, 2.24) is 4.98 Å². The summed E-state index contributed by atoms with van der Waals surface area (Å²) in [7, 11) is 0. The van der Waals surface area contributed by atoms with Crippen LogP contribution in [0.5, 0.6) is 0 Å². The molecule has 1 aromatic rings. The number of rotatable bonds is 6. The summed E-state index contributed by atoms with van der Waals surface area (Å²) in [5, 5.41) is 7.26. The van der Waals surface area contributed by atoms with Gasteiger partial charge in [-0.25, -0.2) is 4.98 Å². The lowest BCUT2D eigenvalue weighted by atomic mass is 10.2. The van der Waals surface area contributed by atoms with Crippen LogP contribution in [0.3, 0.4) is 0 Å². The predicted molar refractivity (Wildman–Crippen MR) is 67.8 cm³/mol. The Morgan fingerprint density at radius 1 is 1.50 bits per heavy atom. The van der Waals surface area contributed by atoms with E-state index in [1.165, 1.54) is 0 Å². The summed E-state index contributed by atoms with van der Waals surface area (Å²) in [6.45, 7) is 6.03. The molecule has 4 nitrogen and oxygen atoms in total. The Kier molecular flexibility index (Phi) is 4.76. The van der Waals surface area contributed by atoms with E-state index in [-0.39, 0.29) is 5.84 Å². The lowest BCUT2D eigenvalue weighted by Gasteiger charge is -2.25. The SMILES string of the molecule is CC(C)CN(CCC(=N)N)c1ccccn1. The van der Waals surface area contributed by atoms with E-state index in [1.807, 2.05) is 18.2 Å². The number of hydrogen-bond acceptors (Lipinski definition) is 3. The fourth-order valence-electron chi connectivity index (χ4n) is 1.54. The number of nitrogens with one attached hydrogen (secondary N) is 1. The highest BCUT2D eigenvalue weighted by Crippen LogP contribution is 2.12. The van der Waals surface area contributed by atoms with Gasteiger partial charge in [-0.15, -0.1) is 0 Å². The quantitative estimate of drug-likeness (QED) is 0.568. The van der Waals surface area contributed by atoms with Gasteiger partial charge in [-0.05, 0) is 18.1 Å². The molecule has 3 N–H and O–H groups in total. The van der Waals surface area contributed by atoms with Gasteiger partial charge in [-0.3, -0.25) is 5.41 Å². The van der Waals surface area contributed by atoms with Crippen molar-refractivity contribution in [2.45, 2.75) is 20.3 Å². The zero-order valence-corrected chi connectivity index (χ0v) is 9.98. The van der Waals surface area contributed by atoms with Crippen molar-refractivity contribution < 1.29 is 0 Å². The highest BCUT2D eigenvalue weighted by molar-refractivity contribution is 5.77. The fourth-order valence-corrected chi connectivity index (χ4v) is 1.54. The molecule has 88 valence electrons. The minimum Gasteiger partial charge on any atom is -0.388 e. The first kappa shape index (κ1) is 12.5. The van der Waals surface area contributed by atoms with Crippen molar-refractivity contribution >= 4 is 11.7 Å². The Bertz CT molecular complexity index is 321. The molecule has 0 aromatic carbocycles. The second-order valence-corrected chi connectivity index (χ2v) is 4.30. The van der Waals surface area contributed by atoms with E-state index >= 15 is 0 Å². The Balaban J connectivity index is 2.67. The first-order valence-electron chi connectivity index (χ1n) is 5.58. The molecular formula is C12H20N4. The first-order valence-corrected chi connectivity index (χ1v) is 5.58. The van der Waals surface area contributed by atoms with Crippen LogP contribution in [0, 0.1) is 11.3 Å². The number of aromatic nitrogens is 1. The molecule has 0 aliphatic carbocycles. The molecule has 0 aliphatic heterocycles. The number of hydrogen-bond donors (Lipinski definition) is 2. The molecule has 0 spiro atoms. The molecule has 0 atom stereocenters. The molecule has 1 aromatic heterocycles. The molecule has 16 heavy (non-hydrogen) atoms. The van der Waals surface area contributed by atoms with Crippen LogP contribution in [0.1, 0.15) is 20.3 Å². The van der Waals surface area contributed by atoms with E-state index < -0.39 is 0 Å². The lowest BCUT2D eigenvalue weighted by Crippen LogP contribution is -2.31. The van der Waals surface area contributed by atoms with Crippen molar-refractivity contribution in [3.05, 3.63) is 24.4 Å². The molecule has 0 aliphatic rings. The largest absolute Gasteiger partial charge is 0.388 e. The summed E-state index contributed by atoms with van der Waals surface area (Å²) in [4.78, 5) is 6.50.